The number of nitrogens with zero attached hydrogens (tertiary/aromatic N) is 4. The Labute approximate surface area is 164 Å². The lowest BCUT2D eigenvalue weighted by Crippen LogP contribution is -2.26. The number of hydrogen-bond donors (Lipinski definition) is 1. The first-order valence-corrected chi connectivity index (χ1v) is 9.16. The first-order valence-electron chi connectivity index (χ1n) is 7.99. The van der Waals surface area contributed by atoms with Crippen LogP contribution in [0.5, 0.6) is 5.75 Å². The molecule has 26 heavy (non-hydrogen) atoms. The average Bonchev–Trinajstić information content (AvgIpc) is 3.27. The van der Waals surface area contributed by atoms with E-state index in [1.165, 1.54) is 0 Å². The number of carbonyl (C=O) groups is 1. The summed E-state index contributed by atoms with van der Waals surface area (Å²) in [5.41, 5.74) is 0.342. The van der Waals surface area contributed by atoms with E-state index in [0.717, 1.165) is 17.4 Å². The Morgan fingerprint density at radius 2 is 2.12 bits per heavy atom. The Hall–Kier alpha value is -2.32. The zero-order chi connectivity index (χ0) is 18.4. The Bertz CT molecular complexity index is 879. The molecule has 136 valence electrons. The van der Waals surface area contributed by atoms with Crippen LogP contribution in [0.25, 0.3) is 0 Å². The van der Waals surface area contributed by atoms with Gasteiger partial charge in [0.05, 0.1) is 15.7 Å². The van der Waals surface area contributed by atoms with Gasteiger partial charge in [-0.05, 0) is 40.5 Å². The minimum Gasteiger partial charge on any atom is -0.470 e. The summed E-state index contributed by atoms with van der Waals surface area (Å²) in [5.74, 6) is 0.351. The molecule has 2 heterocycles. The highest BCUT2D eigenvalue weighted by Gasteiger charge is 2.09. The van der Waals surface area contributed by atoms with Crippen LogP contribution in [0.3, 0.4) is 0 Å². The van der Waals surface area contributed by atoms with Crippen molar-refractivity contribution in [2.24, 2.45) is 0 Å². The second-order valence-corrected chi connectivity index (χ2v) is 6.80. The summed E-state index contributed by atoms with van der Waals surface area (Å²) in [6, 6.07) is 8.84. The van der Waals surface area contributed by atoms with Gasteiger partial charge in [0.15, 0.2) is 6.73 Å². The molecular weight excluding hydrogens is 422 g/mol. The van der Waals surface area contributed by atoms with Crippen molar-refractivity contribution < 1.29 is 9.53 Å². The molecule has 3 aromatic rings. The number of nitrogens with one attached hydrogen (secondary N) is 1. The van der Waals surface area contributed by atoms with Crippen LogP contribution in [0.4, 0.5) is 0 Å². The third-order valence-electron chi connectivity index (χ3n) is 3.51. The fourth-order valence-corrected chi connectivity index (χ4v) is 2.76. The van der Waals surface area contributed by atoms with E-state index in [0.29, 0.717) is 23.0 Å². The molecule has 0 aliphatic rings. The number of aromatic nitrogens is 4. The largest absolute Gasteiger partial charge is 0.470 e. The zero-order valence-corrected chi connectivity index (χ0v) is 16.2. The quantitative estimate of drug-likeness (QED) is 0.547. The van der Waals surface area contributed by atoms with E-state index in [-0.39, 0.29) is 12.6 Å². The molecule has 0 saturated carbocycles. The van der Waals surface area contributed by atoms with Gasteiger partial charge < -0.3 is 10.1 Å². The van der Waals surface area contributed by atoms with Crippen molar-refractivity contribution in [3.63, 3.8) is 0 Å². The number of benzene rings is 1. The molecule has 0 radical (unpaired) electrons. The van der Waals surface area contributed by atoms with Crippen molar-refractivity contribution in [3.8, 4) is 5.75 Å². The molecule has 3 rings (SSSR count). The van der Waals surface area contributed by atoms with E-state index in [4.69, 9.17) is 16.3 Å². The highest BCUT2D eigenvalue weighted by molar-refractivity contribution is 9.10. The van der Waals surface area contributed by atoms with Crippen molar-refractivity contribution >= 4 is 33.4 Å². The minimum atomic E-state index is -0.219. The monoisotopic (exact) mass is 437 g/mol. The molecule has 9 heteroatoms. The van der Waals surface area contributed by atoms with E-state index in [2.05, 4.69) is 31.4 Å². The second kappa shape index (κ2) is 8.86. The first-order chi connectivity index (χ1) is 12.6. The maximum Gasteiger partial charge on any atom is 0.271 e. The molecule has 0 spiro atoms. The van der Waals surface area contributed by atoms with Crippen LogP contribution in [0.2, 0.25) is 5.02 Å². The third kappa shape index (κ3) is 5.09. The van der Waals surface area contributed by atoms with Gasteiger partial charge in [0.25, 0.3) is 5.91 Å². The molecular formula is C17H17BrClN5O2. The maximum atomic E-state index is 12.1. The number of halogens is 2. The fourth-order valence-electron chi connectivity index (χ4n) is 2.25. The summed E-state index contributed by atoms with van der Waals surface area (Å²) in [4.78, 5) is 12.1. The van der Waals surface area contributed by atoms with E-state index in [1.54, 1.807) is 35.3 Å². The van der Waals surface area contributed by atoms with Gasteiger partial charge in [-0.1, -0.05) is 23.7 Å². The second-order valence-electron chi connectivity index (χ2n) is 5.48. The molecule has 1 N–H and O–H groups in total. The smallest absolute Gasteiger partial charge is 0.271 e. The molecule has 1 amide bonds. The molecule has 7 nitrogen and oxygen atoms in total. The minimum absolute atomic E-state index is 0.172. The summed E-state index contributed by atoms with van der Waals surface area (Å²) >= 11 is 9.38. The molecule has 0 aliphatic heterocycles. The standard InChI is InChI=1S/C17H17BrClN5O2/c18-13-10-21-23(11-13)8-3-7-20-17(25)15-6-9-24(22-15)12-26-16-5-2-1-4-14(16)19/h1-2,4-6,9-11H,3,7-8,12H2,(H,20,25). The molecule has 0 unspecified atom stereocenters. The molecule has 1 aromatic carbocycles. The number of aryl methyl sites for hydroxylation is 1. The van der Waals surface area contributed by atoms with Gasteiger partial charge in [0.2, 0.25) is 0 Å². The highest BCUT2D eigenvalue weighted by Crippen LogP contribution is 2.23. The van der Waals surface area contributed by atoms with E-state index in [1.807, 2.05) is 23.0 Å². The van der Waals surface area contributed by atoms with Crippen molar-refractivity contribution in [1.29, 1.82) is 0 Å². The lowest BCUT2D eigenvalue weighted by atomic mass is 10.3. The lowest BCUT2D eigenvalue weighted by Gasteiger charge is -2.07. The van der Waals surface area contributed by atoms with Gasteiger partial charge in [-0.15, -0.1) is 0 Å². The number of rotatable bonds is 8. The normalized spacial score (nSPS) is 10.7. The summed E-state index contributed by atoms with van der Waals surface area (Å²) < 4.78 is 9.88. The van der Waals surface area contributed by atoms with Gasteiger partial charge >= 0.3 is 0 Å². The molecule has 0 saturated heterocycles. The summed E-state index contributed by atoms with van der Waals surface area (Å²) in [6.45, 7) is 1.44. The van der Waals surface area contributed by atoms with Gasteiger partial charge in [-0.3, -0.25) is 9.48 Å². The third-order valence-corrected chi connectivity index (χ3v) is 4.24. The van der Waals surface area contributed by atoms with E-state index >= 15 is 0 Å². The van der Waals surface area contributed by atoms with Crippen LogP contribution in [-0.4, -0.2) is 32.0 Å². The van der Waals surface area contributed by atoms with E-state index < -0.39 is 0 Å². The summed E-state index contributed by atoms with van der Waals surface area (Å²) in [5, 5.41) is 11.7. The maximum absolute atomic E-state index is 12.1. The average molecular weight is 439 g/mol. The summed E-state index contributed by atoms with van der Waals surface area (Å²) in [7, 11) is 0. The number of amides is 1. The van der Waals surface area contributed by atoms with Gasteiger partial charge in [0.1, 0.15) is 11.4 Å². The van der Waals surface area contributed by atoms with Gasteiger partial charge in [-0.25, -0.2) is 4.68 Å². The number of carbonyl (C=O) groups excluding carboxylic acids is 1. The first kappa shape index (κ1) is 18.5. The lowest BCUT2D eigenvalue weighted by molar-refractivity contribution is 0.0945. The van der Waals surface area contributed by atoms with E-state index in [9.17, 15) is 4.79 Å². The van der Waals surface area contributed by atoms with Crippen LogP contribution >= 0.6 is 27.5 Å². The predicted octanol–water partition coefficient (Wildman–Crippen LogP) is 3.35. The Kier molecular flexibility index (Phi) is 6.30. The zero-order valence-electron chi connectivity index (χ0n) is 13.8. The van der Waals surface area contributed by atoms with Crippen LogP contribution in [0, 0.1) is 0 Å². The number of para-hydroxylation sites is 1. The topological polar surface area (TPSA) is 74.0 Å². The molecule has 2 aromatic heterocycles. The van der Waals surface area contributed by atoms with Crippen LogP contribution in [0.15, 0.2) is 53.4 Å². The number of ether oxygens (including phenoxy) is 1. The highest BCUT2D eigenvalue weighted by atomic mass is 79.9. The Morgan fingerprint density at radius 1 is 1.27 bits per heavy atom. The predicted molar refractivity (Wildman–Crippen MR) is 101 cm³/mol. The van der Waals surface area contributed by atoms with Gasteiger partial charge in [0, 0.05) is 25.5 Å². The van der Waals surface area contributed by atoms with Crippen LogP contribution in [0.1, 0.15) is 16.9 Å². The Morgan fingerprint density at radius 3 is 2.88 bits per heavy atom. The van der Waals surface area contributed by atoms with Crippen molar-refractivity contribution in [2.75, 3.05) is 6.54 Å². The molecule has 0 atom stereocenters. The number of hydrogen-bond acceptors (Lipinski definition) is 4. The van der Waals surface area contributed by atoms with Crippen LogP contribution in [-0.2, 0) is 13.3 Å². The van der Waals surface area contributed by atoms with Crippen LogP contribution < -0.4 is 10.1 Å². The molecule has 0 aliphatic carbocycles. The SMILES string of the molecule is O=C(NCCCn1cc(Br)cn1)c1ccn(COc2ccccc2Cl)n1. The molecule has 0 bridgehead atoms. The summed E-state index contributed by atoms with van der Waals surface area (Å²) in [6.07, 6.45) is 6.08. The van der Waals surface area contributed by atoms with Crippen molar-refractivity contribution in [3.05, 3.63) is 64.1 Å². The van der Waals surface area contributed by atoms with Crippen molar-refractivity contribution in [1.82, 2.24) is 24.9 Å². The van der Waals surface area contributed by atoms with Gasteiger partial charge in [-0.2, -0.15) is 10.2 Å². The Balaban J connectivity index is 1.43. The molecule has 0 fully saturated rings. The fraction of sp³-hybridized carbons (Fsp3) is 0.235. The van der Waals surface area contributed by atoms with Crippen molar-refractivity contribution in [2.45, 2.75) is 19.7 Å².